The number of sulfone groups is 1. The Bertz CT molecular complexity index is 1550. The first-order valence-corrected chi connectivity index (χ1v) is 17.0. The summed E-state index contributed by atoms with van der Waals surface area (Å²) < 4.78 is 96.7. The number of aromatic nitrogens is 1. The number of halogens is 2. The molecule has 17 heteroatoms. The van der Waals surface area contributed by atoms with Gasteiger partial charge in [0, 0.05) is 32.7 Å². The Morgan fingerprint density at radius 3 is 2.66 bits per heavy atom. The molecule has 1 aromatic carbocycles. The number of nitrogens with zero attached hydrogens (tertiary/aromatic N) is 3. The number of nitrogens with one attached hydrogen (secondary N) is 1. The molecular formula is C27H36F2N4O9S2. The summed E-state index contributed by atoms with van der Waals surface area (Å²) in [7, 11) is -7.01. The van der Waals surface area contributed by atoms with E-state index in [2.05, 4.69) is 10.3 Å². The van der Waals surface area contributed by atoms with Crippen molar-refractivity contribution in [2.45, 2.75) is 52.1 Å². The van der Waals surface area contributed by atoms with Crippen LogP contribution in [-0.2, 0) is 24.6 Å². The molecule has 0 bridgehead atoms. The average molecular weight is 663 g/mol. The molecule has 2 atom stereocenters. The van der Waals surface area contributed by atoms with E-state index in [0.29, 0.717) is 50.6 Å². The summed E-state index contributed by atoms with van der Waals surface area (Å²) in [5, 5.41) is 18.0. The molecule has 2 aromatic rings. The third-order valence-corrected chi connectivity index (χ3v) is 11.8. The molecule has 3 N–H and O–H groups in total. The van der Waals surface area contributed by atoms with Crippen molar-refractivity contribution in [2.24, 2.45) is 0 Å². The lowest BCUT2D eigenvalue weighted by atomic mass is 9.88. The van der Waals surface area contributed by atoms with Crippen molar-refractivity contribution in [1.29, 1.82) is 0 Å². The van der Waals surface area contributed by atoms with Gasteiger partial charge in [0.05, 0.1) is 29.8 Å². The Kier molecular flexibility index (Phi) is 9.38. The predicted octanol–water partition coefficient (Wildman–Crippen LogP) is 0.611. The highest BCUT2D eigenvalue weighted by atomic mass is 32.2. The topological polar surface area (TPSA) is 168 Å². The summed E-state index contributed by atoms with van der Waals surface area (Å²) in [6, 6.07) is 5.98. The van der Waals surface area contributed by atoms with Gasteiger partial charge in [0.15, 0.2) is 0 Å². The van der Waals surface area contributed by atoms with Crippen LogP contribution >= 0.6 is 0 Å². The fraction of sp³-hybridized carbons (Fsp3) is 0.593. The number of pyridine rings is 1. The highest BCUT2D eigenvalue weighted by Crippen LogP contribution is 2.38. The zero-order valence-electron chi connectivity index (χ0n) is 24.1. The van der Waals surface area contributed by atoms with Gasteiger partial charge < -0.3 is 34.6 Å². The quantitative estimate of drug-likeness (QED) is 0.307. The lowest BCUT2D eigenvalue weighted by Gasteiger charge is -2.38. The van der Waals surface area contributed by atoms with Gasteiger partial charge in [0.2, 0.25) is 25.7 Å². The zero-order valence-corrected chi connectivity index (χ0v) is 25.7. The number of hydrogen-bond donors (Lipinski definition) is 3. The van der Waals surface area contributed by atoms with Crippen molar-refractivity contribution in [3.63, 3.8) is 0 Å². The summed E-state index contributed by atoms with van der Waals surface area (Å²) in [6.45, 7) is 0.0992. The van der Waals surface area contributed by atoms with E-state index in [1.54, 1.807) is 6.07 Å². The van der Waals surface area contributed by atoms with E-state index >= 15 is 0 Å². The van der Waals surface area contributed by atoms with Crippen LogP contribution < -0.4 is 19.7 Å². The zero-order chi connectivity index (χ0) is 31.8. The minimum absolute atomic E-state index is 0.0322. The third kappa shape index (κ3) is 6.63. The molecule has 3 aliphatic heterocycles. The van der Waals surface area contributed by atoms with Gasteiger partial charge in [-0.3, -0.25) is 0 Å². The van der Waals surface area contributed by atoms with Gasteiger partial charge in [-0.25, -0.2) is 21.8 Å². The minimum atomic E-state index is -5.11. The average Bonchev–Trinajstić information content (AvgIpc) is 3.41. The minimum Gasteiger partial charge on any atom is -0.491 e. The van der Waals surface area contributed by atoms with Gasteiger partial charge in [-0.05, 0) is 43.5 Å². The largest absolute Gasteiger partial charge is 0.491 e. The standard InChI is InChI=1S/C27H36F2N4O9S2/c1-32-9-10-40-25-24(32)12-23(15-31-25)44(38,39)33-7-5-26(6-8-33)13-19(16-42-26)30-14-20(35)17-41-21-3-2-4-22(11-21)43(36,37)27(28,29)18-34/h2-4,11-12,15,19-20,30,34-35H,5-10,13-14,16-18H2,1H3/t19-,20+/m1/s1. The van der Waals surface area contributed by atoms with Crippen LogP contribution in [0.2, 0.25) is 0 Å². The van der Waals surface area contributed by atoms with Crippen LogP contribution in [-0.4, -0.2) is 119 Å². The molecule has 0 unspecified atom stereocenters. The second-order valence-corrected chi connectivity index (χ2v) is 15.2. The molecule has 1 spiro atoms. The molecule has 0 aliphatic carbocycles. The molecule has 244 valence electrons. The number of hydrogen-bond acceptors (Lipinski definition) is 12. The second-order valence-electron chi connectivity index (χ2n) is 11.2. The maximum Gasteiger partial charge on any atom is 0.372 e. The number of benzene rings is 1. The number of aliphatic hydroxyl groups is 2. The van der Waals surface area contributed by atoms with Gasteiger partial charge in [0.1, 0.15) is 42.3 Å². The predicted molar refractivity (Wildman–Crippen MR) is 153 cm³/mol. The van der Waals surface area contributed by atoms with Crippen LogP contribution in [0.5, 0.6) is 11.6 Å². The molecule has 5 rings (SSSR count). The number of piperidine rings is 1. The lowest BCUT2D eigenvalue weighted by molar-refractivity contribution is -0.0312. The molecular weight excluding hydrogens is 626 g/mol. The highest BCUT2D eigenvalue weighted by Gasteiger charge is 2.46. The number of ether oxygens (including phenoxy) is 3. The molecule has 2 fully saturated rings. The van der Waals surface area contributed by atoms with E-state index < -0.39 is 48.3 Å². The Balaban J connectivity index is 1.09. The van der Waals surface area contributed by atoms with Crippen molar-refractivity contribution >= 4 is 25.5 Å². The van der Waals surface area contributed by atoms with Crippen molar-refractivity contribution in [1.82, 2.24) is 14.6 Å². The maximum atomic E-state index is 13.7. The number of aliphatic hydroxyl groups excluding tert-OH is 2. The first kappa shape index (κ1) is 32.7. The molecule has 4 heterocycles. The van der Waals surface area contributed by atoms with Crippen molar-refractivity contribution in [2.75, 3.05) is 64.6 Å². The SMILES string of the molecule is CN1CCOc2ncc(S(=O)(=O)N3CCC4(CC3)C[C@@H](NC[C@H](O)COc3cccc(S(=O)(=O)C(F)(F)CO)c3)CO4)cc21. The van der Waals surface area contributed by atoms with Gasteiger partial charge in [-0.15, -0.1) is 0 Å². The third-order valence-electron chi connectivity index (χ3n) is 8.14. The molecule has 2 saturated heterocycles. The first-order valence-electron chi connectivity index (χ1n) is 14.1. The Morgan fingerprint density at radius 2 is 1.93 bits per heavy atom. The Hall–Kier alpha value is -2.67. The molecule has 3 aliphatic rings. The Labute approximate surface area is 254 Å². The molecule has 1 aromatic heterocycles. The summed E-state index contributed by atoms with van der Waals surface area (Å²) in [5.74, 6) is 0.381. The van der Waals surface area contributed by atoms with Crippen LogP contribution in [0.4, 0.5) is 14.5 Å². The maximum absolute atomic E-state index is 13.7. The number of likely N-dealkylation sites (N-methyl/N-ethyl adjacent to an activating group) is 1. The number of alkyl halides is 2. The Morgan fingerprint density at radius 1 is 1.18 bits per heavy atom. The van der Waals surface area contributed by atoms with Crippen LogP contribution in [0.3, 0.4) is 0 Å². The number of rotatable bonds is 11. The van der Waals surface area contributed by atoms with E-state index in [1.807, 2.05) is 11.9 Å². The van der Waals surface area contributed by atoms with Crippen LogP contribution in [0, 0.1) is 0 Å². The van der Waals surface area contributed by atoms with E-state index in [9.17, 15) is 30.7 Å². The first-order chi connectivity index (χ1) is 20.8. The van der Waals surface area contributed by atoms with E-state index in [4.69, 9.17) is 19.3 Å². The summed E-state index contributed by atoms with van der Waals surface area (Å²) >= 11 is 0. The highest BCUT2D eigenvalue weighted by molar-refractivity contribution is 7.92. The van der Waals surface area contributed by atoms with Crippen molar-refractivity contribution in [3.8, 4) is 11.6 Å². The molecule has 44 heavy (non-hydrogen) atoms. The van der Waals surface area contributed by atoms with Crippen molar-refractivity contribution < 1.29 is 50.0 Å². The smallest absolute Gasteiger partial charge is 0.372 e. The number of sulfonamides is 1. The number of fused-ring (bicyclic) bond motifs is 1. The lowest BCUT2D eigenvalue weighted by Crippen LogP contribution is -2.47. The van der Waals surface area contributed by atoms with Crippen LogP contribution in [0.15, 0.2) is 46.3 Å². The van der Waals surface area contributed by atoms with E-state index in [0.717, 1.165) is 12.1 Å². The fourth-order valence-corrected chi connectivity index (χ4v) is 7.95. The normalized spacial score (nSPS) is 21.6. The van der Waals surface area contributed by atoms with Gasteiger partial charge in [-0.1, -0.05) is 6.07 Å². The van der Waals surface area contributed by atoms with Gasteiger partial charge >= 0.3 is 5.25 Å². The monoisotopic (exact) mass is 662 g/mol. The van der Waals surface area contributed by atoms with E-state index in [1.165, 1.54) is 22.6 Å². The number of anilines is 1. The summed E-state index contributed by atoms with van der Waals surface area (Å²) in [5.41, 5.74) is 0.145. The molecule has 13 nitrogen and oxygen atoms in total. The second kappa shape index (κ2) is 12.6. The van der Waals surface area contributed by atoms with Crippen LogP contribution in [0.25, 0.3) is 0 Å². The van der Waals surface area contributed by atoms with Crippen molar-refractivity contribution in [3.05, 3.63) is 36.5 Å². The molecule has 0 radical (unpaired) electrons. The van der Waals surface area contributed by atoms with Gasteiger partial charge in [-0.2, -0.15) is 13.1 Å². The molecule has 0 amide bonds. The summed E-state index contributed by atoms with van der Waals surface area (Å²) in [4.78, 5) is 5.52. The van der Waals surface area contributed by atoms with Crippen LogP contribution in [0.1, 0.15) is 19.3 Å². The fourth-order valence-electron chi connectivity index (χ4n) is 5.50. The summed E-state index contributed by atoms with van der Waals surface area (Å²) in [6.07, 6.45) is 1.95. The molecule has 0 saturated carbocycles. The van der Waals surface area contributed by atoms with Gasteiger partial charge in [0.25, 0.3) is 0 Å². The van der Waals surface area contributed by atoms with E-state index in [-0.39, 0.29) is 42.9 Å².